The monoisotopic (exact) mass is 461 g/mol. The molecule has 0 N–H and O–H groups in total. The van der Waals surface area contributed by atoms with Crippen LogP contribution in [0.3, 0.4) is 0 Å². The van der Waals surface area contributed by atoms with E-state index in [1.165, 1.54) is 31.4 Å². The number of hydrogen-bond donors (Lipinski definition) is 0. The lowest BCUT2D eigenvalue weighted by Crippen LogP contribution is -2.53. The summed E-state index contributed by atoms with van der Waals surface area (Å²) in [5.74, 6) is -0.307. The summed E-state index contributed by atoms with van der Waals surface area (Å²) in [5.41, 5.74) is 0.449. The smallest absolute Gasteiger partial charge is 0.333 e. The second kappa shape index (κ2) is 13.2. The van der Waals surface area contributed by atoms with Crippen LogP contribution in [-0.2, 0) is 17.8 Å². The number of carbonyl (C=O) groups excluding carboxylic acids is 1. The van der Waals surface area contributed by atoms with Crippen LogP contribution in [-0.4, -0.2) is 63.3 Å². The Morgan fingerprint density at radius 2 is 1.52 bits per heavy atom. The molecule has 1 atom stereocenters. The van der Waals surface area contributed by atoms with Crippen molar-refractivity contribution in [2.24, 2.45) is 0 Å². The van der Waals surface area contributed by atoms with Crippen LogP contribution in [0, 0.1) is 0 Å². The van der Waals surface area contributed by atoms with Crippen LogP contribution >= 0.6 is 0 Å². The van der Waals surface area contributed by atoms with Crippen molar-refractivity contribution >= 4 is 31.2 Å². The van der Waals surface area contributed by atoms with Gasteiger partial charge in [0, 0.05) is 5.57 Å². The van der Waals surface area contributed by atoms with E-state index >= 15 is 0 Å². The molecule has 0 radical (unpaired) electrons. The molecule has 29 heavy (non-hydrogen) atoms. The maximum absolute atomic E-state index is 11.5. The molecule has 5 nitrogen and oxygen atoms in total. The predicted molar refractivity (Wildman–Crippen MR) is 132 cm³/mol. The third-order valence-electron chi connectivity index (χ3n) is 4.89. The number of hydrogen-bond acceptors (Lipinski definition) is 5. The number of carbonyl (C=O) groups is 1. The highest BCUT2D eigenvalue weighted by Crippen LogP contribution is 2.29. The van der Waals surface area contributed by atoms with Crippen molar-refractivity contribution in [1.82, 2.24) is 4.90 Å². The first-order chi connectivity index (χ1) is 13.2. The number of ether oxygens (including phenoxy) is 1. The zero-order chi connectivity index (χ0) is 22.7. The fourth-order valence-corrected chi connectivity index (χ4v) is 18.8. The Morgan fingerprint density at radius 3 is 2.03 bits per heavy atom. The summed E-state index contributed by atoms with van der Waals surface area (Å²) in [6.07, 6.45) is 4.48. The lowest BCUT2D eigenvalue weighted by Gasteiger charge is -2.40. The van der Waals surface area contributed by atoms with E-state index in [4.69, 9.17) is 13.0 Å². The van der Waals surface area contributed by atoms with Gasteiger partial charge in [-0.25, -0.2) is 4.79 Å². The molecule has 0 heterocycles. The maximum atomic E-state index is 11.5. The molecule has 0 saturated carbocycles. The van der Waals surface area contributed by atoms with Gasteiger partial charge in [0.2, 0.25) is 0 Å². The minimum absolute atomic E-state index is 0.307. The summed E-state index contributed by atoms with van der Waals surface area (Å²) in [6, 6.07) is 3.38. The fourth-order valence-electron chi connectivity index (χ4n) is 3.66. The number of unbranched alkanes of at least 4 members (excludes halogenated alkanes) is 1. The second-order valence-corrected chi connectivity index (χ2v) is 22.2. The molecule has 0 aromatic heterocycles. The van der Waals surface area contributed by atoms with Crippen LogP contribution in [0.1, 0.15) is 39.5 Å². The SMILES string of the molecule is C=C(C)C(=O)OCCC[Si](C)(C)O[Si](C)(C)O[Si](C)(CCCC)CCCN(C)C. The van der Waals surface area contributed by atoms with Gasteiger partial charge >= 0.3 is 14.5 Å². The van der Waals surface area contributed by atoms with Gasteiger partial charge in [0.05, 0.1) is 6.61 Å². The molecule has 0 saturated heterocycles. The van der Waals surface area contributed by atoms with Gasteiger partial charge in [-0.1, -0.05) is 26.3 Å². The van der Waals surface area contributed by atoms with Crippen LogP contribution in [0.4, 0.5) is 0 Å². The molecule has 8 heteroatoms. The highest BCUT2D eigenvalue weighted by molar-refractivity contribution is 6.88. The van der Waals surface area contributed by atoms with Gasteiger partial charge in [-0.3, -0.25) is 0 Å². The Kier molecular flexibility index (Phi) is 13.1. The Hall–Kier alpha value is -0.259. The molecule has 0 aliphatic heterocycles. The minimum atomic E-state index is -2.21. The largest absolute Gasteiger partial charge is 0.462 e. The molecule has 0 aliphatic carbocycles. The van der Waals surface area contributed by atoms with Gasteiger partial charge in [-0.2, -0.15) is 0 Å². The first-order valence-electron chi connectivity index (χ1n) is 11.1. The molecular formula is C21H47NO4Si3. The Balaban J connectivity index is 4.76. The van der Waals surface area contributed by atoms with E-state index in [9.17, 15) is 4.79 Å². The molecule has 0 aromatic carbocycles. The average molecular weight is 462 g/mol. The molecule has 0 spiro atoms. The quantitative estimate of drug-likeness (QED) is 0.126. The van der Waals surface area contributed by atoms with Gasteiger partial charge in [-0.05, 0) is 91.3 Å². The number of rotatable bonds is 16. The standard InChI is InChI=1S/C21H47NO4Si3/c1-11-12-18-29(10,19-13-15-22(4)5)26-28(8,9)25-27(6,7)17-14-16-24-21(23)20(2)3/h2,11-19H2,1,3-10H3. The molecule has 0 bridgehead atoms. The van der Waals surface area contributed by atoms with Gasteiger partial charge in [0.25, 0.3) is 0 Å². The van der Waals surface area contributed by atoms with Crippen LogP contribution in [0.25, 0.3) is 0 Å². The van der Waals surface area contributed by atoms with E-state index in [1.807, 2.05) is 0 Å². The average Bonchev–Trinajstić information content (AvgIpc) is 2.54. The number of esters is 1. The van der Waals surface area contributed by atoms with Crippen molar-refractivity contribution in [3.63, 3.8) is 0 Å². The van der Waals surface area contributed by atoms with Crippen molar-refractivity contribution in [2.75, 3.05) is 27.2 Å². The summed E-state index contributed by atoms with van der Waals surface area (Å²) in [4.78, 5) is 13.8. The molecular weight excluding hydrogens is 414 g/mol. The third kappa shape index (κ3) is 14.4. The van der Waals surface area contributed by atoms with Crippen LogP contribution in [0.2, 0.25) is 50.9 Å². The van der Waals surface area contributed by atoms with Gasteiger partial charge < -0.3 is 17.9 Å². The summed E-state index contributed by atoms with van der Waals surface area (Å²) in [7, 11) is -1.61. The van der Waals surface area contributed by atoms with Crippen LogP contribution in [0.15, 0.2) is 12.2 Å². The molecule has 0 amide bonds. The predicted octanol–water partition coefficient (Wildman–Crippen LogP) is 5.76. The molecule has 1 unspecified atom stereocenters. The lowest BCUT2D eigenvalue weighted by atomic mass is 10.4. The Morgan fingerprint density at radius 1 is 0.931 bits per heavy atom. The van der Waals surface area contributed by atoms with E-state index in [1.54, 1.807) is 6.92 Å². The van der Waals surface area contributed by atoms with Crippen molar-refractivity contribution < 1.29 is 17.8 Å². The Labute approximate surface area is 183 Å². The number of nitrogens with zero attached hydrogens (tertiary/aromatic N) is 1. The second-order valence-electron chi connectivity index (χ2n) is 9.84. The molecule has 0 fully saturated rings. The van der Waals surface area contributed by atoms with Crippen molar-refractivity contribution in [3.05, 3.63) is 12.2 Å². The molecule has 172 valence electrons. The van der Waals surface area contributed by atoms with Crippen molar-refractivity contribution in [2.45, 2.75) is 90.4 Å². The zero-order valence-electron chi connectivity index (χ0n) is 20.7. The lowest BCUT2D eigenvalue weighted by molar-refractivity contribution is -0.138. The highest BCUT2D eigenvalue weighted by atomic mass is 28.5. The van der Waals surface area contributed by atoms with Crippen LogP contribution < -0.4 is 0 Å². The topological polar surface area (TPSA) is 48.0 Å². The minimum Gasteiger partial charge on any atom is -0.462 e. The highest BCUT2D eigenvalue weighted by Gasteiger charge is 2.41. The molecule has 0 aromatic rings. The van der Waals surface area contributed by atoms with E-state index in [2.05, 4.69) is 65.2 Å². The summed E-state index contributed by atoms with van der Waals surface area (Å²) in [6.45, 7) is 20.4. The van der Waals surface area contributed by atoms with Crippen molar-refractivity contribution in [1.29, 1.82) is 0 Å². The van der Waals surface area contributed by atoms with Gasteiger partial charge in [-0.15, -0.1) is 0 Å². The molecule has 0 rings (SSSR count). The fraction of sp³-hybridized carbons (Fsp3) is 0.857. The first-order valence-corrected chi connectivity index (χ1v) is 19.8. The van der Waals surface area contributed by atoms with Crippen molar-refractivity contribution in [3.8, 4) is 0 Å². The van der Waals surface area contributed by atoms with E-state index < -0.39 is 25.2 Å². The molecule has 0 aliphatic rings. The zero-order valence-corrected chi connectivity index (χ0v) is 23.7. The van der Waals surface area contributed by atoms with E-state index in [0.717, 1.165) is 19.0 Å². The Bertz CT molecular complexity index is 512. The summed E-state index contributed by atoms with van der Waals surface area (Å²) < 4.78 is 18.8. The maximum Gasteiger partial charge on any atom is 0.333 e. The van der Waals surface area contributed by atoms with E-state index in [-0.39, 0.29) is 5.97 Å². The first kappa shape index (κ1) is 28.7. The summed E-state index contributed by atoms with van der Waals surface area (Å²) >= 11 is 0. The third-order valence-corrected chi connectivity index (χ3v) is 17.4. The normalized spacial score (nSPS) is 14.7. The van der Waals surface area contributed by atoms with Gasteiger partial charge in [0.15, 0.2) is 16.6 Å². The van der Waals surface area contributed by atoms with E-state index in [0.29, 0.717) is 12.2 Å². The van der Waals surface area contributed by atoms with Crippen LogP contribution in [0.5, 0.6) is 0 Å². The summed E-state index contributed by atoms with van der Waals surface area (Å²) in [5, 5.41) is 0. The van der Waals surface area contributed by atoms with Gasteiger partial charge in [0.1, 0.15) is 0 Å².